The van der Waals surface area contributed by atoms with Crippen LogP contribution in [0.5, 0.6) is 0 Å². The maximum absolute atomic E-state index is 13.3. The van der Waals surface area contributed by atoms with Gasteiger partial charge in [0, 0.05) is 12.1 Å². The van der Waals surface area contributed by atoms with Crippen molar-refractivity contribution >= 4 is 21.8 Å². The summed E-state index contributed by atoms with van der Waals surface area (Å²) in [7, 11) is -4.16. The summed E-state index contributed by atoms with van der Waals surface area (Å²) in [5, 5.41) is 13.8. The van der Waals surface area contributed by atoms with Gasteiger partial charge in [0.05, 0.1) is 42.9 Å². The predicted octanol–water partition coefficient (Wildman–Crippen LogP) is 2.09. The lowest BCUT2D eigenvalue weighted by molar-refractivity contribution is -0.136. The second-order valence-electron chi connectivity index (χ2n) is 8.62. The number of aliphatic hydroxyl groups is 1. The molecule has 3 atom stereocenters. The van der Waals surface area contributed by atoms with Crippen LogP contribution in [0.4, 0.5) is 10.5 Å². The number of hydrogen-bond acceptors (Lipinski definition) is 8. The molecule has 192 valence electrons. The first-order valence-corrected chi connectivity index (χ1v) is 12.9. The largest absolute Gasteiger partial charge is 0.444 e. The maximum atomic E-state index is 13.3. The second kappa shape index (κ2) is 12.3. The zero-order valence-electron chi connectivity index (χ0n) is 19.9. The quantitative estimate of drug-likeness (QED) is 0.310. The number of aliphatic hydroxyl groups excluding tert-OH is 1. The molecule has 0 spiro atoms. The van der Waals surface area contributed by atoms with Gasteiger partial charge in [-0.3, -0.25) is 4.84 Å². The lowest BCUT2D eigenvalue weighted by atomic mass is 10.0. The lowest BCUT2D eigenvalue weighted by Crippen LogP contribution is -2.51. The standard InChI is InChI=1S/C24H33N3O7S/c1-17(2)34-27(35(30,31)21-10-6-9-19(25)14-21)15-23(28)22(13-18-7-4-3-5-8-18)26-24(29)33-20-11-12-32-16-20/h3-10,14,17,20,22-23,28H,11-13,15-16,25H2,1-2H3,(H,26,29). The predicted molar refractivity (Wildman–Crippen MR) is 130 cm³/mol. The lowest BCUT2D eigenvalue weighted by Gasteiger charge is -2.30. The van der Waals surface area contributed by atoms with Gasteiger partial charge in [-0.1, -0.05) is 40.9 Å². The molecule has 35 heavy (non-hydrogen) atoms. The van der Waals surface area contributed by atoms with Crippen molar-refractivity contribution in [1.29, 1.82) is 0 Å². The van der Waals surface area contributed by atoms with Crippen molar-refractivity contribution in [3.8, 4) is 0 Å². The fourth-order valence-electron chi connectivity index (χ4n) is 3.60. The minimum absolute atomic E-state index is 0.0708. The topological polar surface area (TPSA) is 140 Å². The van der Waals surface area contributed by atoms with Gasteiger partial charge in [-0.25, -0.2) is 13.2 Å². The Morgan fingerprint density at radius 1 is 1.23 bits per heavy atom. The van der Waals surface area contributed by atoms with Gasteiger partial charge in [-0.15, -0.1) is 0 Å². The molecule has 2 aromatic rings. The first-order chi connectivity index (χ1) is 16.6. The molecule has 0 saturated carbocycles. The first-order valence-electron chi connectivity index (χ1n) is 11.5. The van der Waals surface area contributed by atoms with E-state index < -0.39 is 40.9 Å². The Kier molecular flexibility index (Phi) is 9.47. The van der Waals surface area contributed by atoms with Gasteiger partial charge < -0.3 is 25.6 Å². The number of benzene rings is 2. The Morgan fingerprint density at radius 2 is 1.97 bits per heavy atom. The number of nitrogens with one attached hydrogen (secondary N) is 1. The monoisotopic (exact) mass is 507 g/mol. The molecule has 4 N–H and O–H groups in total. The molecular formula is C24H33N3O7S. The normalized spacial score (nSPS) is 17.9. The van der Waals surface area contributed by atoms with Crippen molar-refractivity contribution < 1.29 is 32.6 Å². The highest BCUT2D eigenvalue weighted by Gasteiger charge is 2.33. The molecule has 0 aliphatic carbocycles. The zero-order valence-corrected chi connectivity index (χ0v) is 20.7. The number of nitrogens with two attached hydrogens (primary N) is 1. The van der Waals surface area contributed by atoms with E-state index in [2.05, 4.69) is 5.32 Å². The number of alkyl carbamates (subject to hydrolysis) is 1. The average molecular weight is 508 g/mol. The van der Waals surface area contributed by atoms with E-state index in [9.17, 15) is 18.3 Å². The van der Waals surface area contributed by atoms with Gasteiger partial charge in [0.2, 0.25) is 0 Å². The van der Waals surface area contributed by atoms with Crippen LogP contribution in [-0.2, 0) is 30.8 Å². The number of hydroxylamine groups is 1. The minimum atomic E-state index is -4.16. The highest BCUT2D eigenvalue weighted by Crippen LogP contribution is 2.21. The van der Waals surface area contributed by atoms with Crippen LogP contribution in [0.25, 0.3) is 0 Å². The summed E-state index contributed by atoms with van der Waals surface area (Å²) in [4.78, 5) is 18.1. The van der Waals surface area contributed by atoms with Crippen LogP contribution < -0.4 is 11.1 Å². The Labute approximate surface area is 206 Å². The van der Waals surface area contributed by atoms with Crippen molar-refractivity contribution in [2.75, 3.05) is 25.5 Å². The highest BCUT2D eigenvalue weighted by molar-refractivity contribution is 7.89. The minimum Gasteiger partial charge on any atom is -0.444 e. The SMILES string of the molecule is CC(C)ON(CC(O)C(Cc1ccccc1)NC(=O)OC1CCOC1)S(=O)(=O)c1cccc(N)c1. The second-order valence-corrected chi connectivity index (χ2v) is 10.4. The third-order valence-corrected chi connectivity index (χ3v) is 6.94. The number of nitrogen functional groups attached to an aromatic ring is 1. The van der Waals surface area contributed by atoms with Crippen molar-refractivity contribution in [3.05, 3.63) is 60.2 Å². The molecule has 0 aromatic heterocycles. The van der Waals surface area contributed by atoms with Gasteiger partial charge in [0.1, 0.15) is 6.10 Å². The van der Waals surface area contributed by atoms with E-state index in [1.165, 1.54) is 18.2 Å². The van der Waals surface area contributed by atoms with Crippen molar-refractivity contribution in [2.24, 2.45) is 0 Å². The zero-order chi connectivity index (χ0) is 25.4. The summed E-state index contributed by atoms with van der Waals surface area (Å²) in [6, 6.07) is 14.2. The molecule has 1 fully saturated rings. The van der Waals surface area contributed by atoms with E-state index in [1.54, 1.807) is 19.9 Å². The number of nitrogens with zero attached hydrogens (tertiary/aromatic N) is 1. The summed E-state index contributed by atoms with van der Waals surface area (Å²) in [5.41, 5.74) is 6.89. The number of sulfonamides is 1. The maximum Gasteiger partial charge on any atom is 0.407 e. The third-order valence-electron chi connectivity index (χ3n) is 5.32. The summed E-state index contributed by atoms with van der Waals surface area (Å²) in [6.45, 7) is 3.74. The number of carbonyl (C=O) groups is 1. The van der Waals surface area contributed by atoms with Crippen molar-refractivity contribution in [3.63, 3.8) is 0 Å². The van der Waals surface area contributed by atoms with E-state index in [0.29, 0.717) is 19.6 Å². The molecule has 3 rings (SSSR count). The van der Waals surface area contributed by atoms with Crippen LogP contribution >= 0.6 is 0 Å². The van der Waals surface area contributed by atoms with Gasteiger partial charge in [-0.05, 0) is 44.0 Å². The average Bonchev–Trinajstić information content (AvgIpc) is 3.31. The van der Waals surface area contributed by atoms with Gasteiger partial charge in [0.25, 0.3) is 10.0 Å². The molecule has 1 heterocycles. The smallest absolute Gasteiger partial charge is 0.407 e. The fourth-order valence-corrected chi connectivity index (χ4v) is 5.00. The molecule has 1 aliphatic heterocycles. The Hall–Kier alpha value is -2.70. The first kappa shape index (κ1) is 26.9. The molecular weight excluding hydrogens is 474 g/mol. The van der Waals surface area contributed by atoms with E-state index in [1.807, 2.05) is 30.3 Å². The molecule has 10 nitrogen and oxygen atoms in total. The molecule has 1 saturated heterocycles. The Morgan fingerprint density at radius 3 is 2.60 bits per heavy atom. The Bertz CT molecular complexity index is 1060. The van der Waals surface area contributed by atoms with Crippen molar-refractivity contribution in [2.45, 2.75) is 55.9 Å². The molecule has 0 radical (unpaired) electrons. The van der Waals surface area contributed by atoms with Crippen LogP contribution in [0, 0.1) is 0 Å². The van der Waals surface area contributed by atoms with Crippen LogP contribution in [0.15, 0.2) is 59.5 Å². The number of amides is 1. The van der Waals surface area contributed by atoms with Gasteiger partial charge in [-0.2, -0.15) is 0 Å². The molecule has 1 amide bonds. The molecule has 3 unspecified atom stereocenters. The van der Waals surface area contributed by atoms with E-state index >= 15 is 0 Å². The van der Waals surface area contributed by atoms with Crippen molar-refractivity contribution in [1.82, 2.24) is 9.79 Å². The number of carbonyl (C=O) groups excluding carboxylic acids is 1. The summed E-state index contributed by atoms with van der Waals surface area (Å²) in [6.07, 6.45) is -2.06. The van der Waals surface area contributed by atoms with E-state index in [0.717, 1.165) is 10.0 Å². The summed E-state index contributed by atoms with van der Waals surface area (Å²) < 4.78 is 38.0. The molecule has 2 aromatic carbocycles. The highest BCUT2D eigenvalue weighted by atomic mass is 32.2. The number of hydrogen-bond donors (Lipinski definition) is 3. The summed E-state index contributed by atoms with van der Waals surface area (Å²) in [5.74, 6) is 0. The molecule has 11 heteroatoms. The third kappa shape index (κ3) is 7.91. The fraction of sp³-hybridized carbons (Fsp3) is 0.458. The van der Waals surface area contributed by atoms with E-state index in [4.69, 9.17) is 20.0 Å². The summed E-state index contributed by atoms with van der Waals surface area (Å²) >= 11 is 0. The van der Waals surface area contributed by atoms with Gasteiger partial charge in [0.15, 0.2) is 0 Å². The molecule has 0 bridgehead atoms. The number of rotatable bonds is 11. The van der Waals surface area contributed by atoms with Gasteiger partial charge >= 0.3 is 6.09 Å². The van der Waals surface area contributed by atoms with Crippen LogP contribution in [-0.4, -0.2) is 68.2 Å². The van der Waals surface area contributed by atoms with Crippen LogP contribution in [0.1, 0.15) is 25.8 Å². The van der Waals surface area contributed by atoms with Crippen LogP contribution in [0.2, 0.25) is 0 Å². The van der Waals surface area contributed by atoms with E-state index in [-0.39, 0.29) is 23.1 Å². The van der Waals surface area contributed by atoms with Crippen LogP contribution in [0.3, 0.4) is 0 Å². The Balaban J connectivity index is 1.80. The number of ether oxygens (including phenoxy) is 2. The number of anilines is 1. The molecule has 1 aliphatic rings.